The first-order chi connectivity index (χ1) is 12.9. The van der Waals surface area contributed by atoms with Gasteiger partial charge < -0.3 is 15.3 Å². The molecule has 0 saturated carbocycles. The molecule has 0 bridgehead atoms. The van der Waals surface area contributed by atoms with E-state index in [9.17, 15) is 14.4 Å². The minimum atomic E-state index is -0.543. The Balaban J connectivity index is 1.67. The molecule has 0 aliphatic rings. The van der Waals surface area contributed by atoms with Crippen molar-refractivity contribution in [2.75, 3.05) is 6.54 Å². The molecule has 0 aliphatic heterocycles. The number of H-pyrrole nitrogens is 2. The minimum Gasteiger partial charge on any atom is -0.350 e. The van der Waals surface area contributed by atoms with Gasteiger partial charge >= 0.3 is 5.69 Å². The number of hydrogen-bond acceptors (Lipinski definition) is 5. The van der Waals surface area contributed by atoms with Gasteiger partial charge in [0.25, 0.3) is 11.5 Å². The second kappa shape index (κ2) is 7.94. The van der Waals surface area contributed by atoms with Crippen LogP contribution in [0.5, 0.6) is 0 Å². The highest BCUT2D eigenvalue weighted by Gasteiger charge is 2.11. The summed E-state index contributed by atoms with van der Waals surface area (Å²) in [7, 11) is 0. The quantitative estimate of drug-likeness (QED) is 0.604. The van der Waals surface area contributed by atoms with Gasteiger partial charge in [-0.2, -0.15) is 4.98 Å². The van der Waals surface area contributed by atoms with Gasteiger partial charge in [0.15, 0.2) is 0 Å². The number of nitrogens with one attached hydrogen (secondary N) is 3. The molecule has 3 rings (SSSR count). The predicted octanol–water partition coefficient (Wildman–Crippen LogP) is 1.18. The van der Waals surface area contributed by atoms with Crippen molar-refractivity contribution >= 4 is 16.8 Å². The molecule has 8 nitrogen and oxygen atoms in total. The molecule has 0 fully saturated rings. The maximum Gasteiger partial charge on any atom is 0.345 e. The molecular weight excluding hydrogens is 346 g/mol. The first-order valence-corrected chi connectivity index (χ1v) is 8.79. The largest absolute Gasteiger partial charge is 0.350 e. The number of carbonyl (C=O) groups is 1. The zero-order chi connectivity index (χ0) is 19.4. The Morgan fingerprint density at radius 2 is 1.93 bits per heavy atom. The fourth-order valence-corrected chi connectivity index (χ4v) is 2.81. The Labute approximate surface area is 155 Å². The van der Waals surface area contributed by atoms with Crippen molar-refractivity contribution in [2.45, 2.75) is 26.7 Å². The van der Waals surface area contributed by atoms with Crippen LogP contribution in [0.15, 0.2) is 39.9 Å². The molecule has 0 aliphatic carbocycles. The van der Waals surface area contributed by atoms with E-state index >= 15 is 0 Å². The SMILES string of the molecule is CC(C)Cc1cc(C(=O)NCCc2nc3ccccc3c(=O)[nH]2)nc(=O)[nH]1. The standard InChI is InChI=1S/C19H21N5O3/c1-11(2)9-12-10-15(23-19(27)21-12)18(26)20-8-7-16-22-14-6-4-3-5-13(14)17(25)24-16/h3-6,10-11H,7-9H2,1-2H3,(H,20,26)(H,21,23,27)(H,22,24,25). The van der Waals surface area contributed by atoms with Crippen molar-refractivity contribution in [1.29, 1.82) is 0 Å². The molecule has 3 N–H and O–H groups in total. The number of rotatable bonds is 6. The van der Waals surface area contributed by atoms with E-state index in [1.807, 2.05) is 19.9 Å². The lowest BCUT2D eigenvalue weighted by molar-refractivity contribution is 0.0948. The summed E-state index contributed by atoms with van der Waals surface area (Å²) in [6.07, 6.45) is 1.01. The number of para-hydroxylation sites is 1. The van der Waals surface area contributed by atoms with Gasteiger partial charge in [0, 0.05) is 18.7 Å². The molecule has 8 heteroatoms. The Morgan fingerprint density at radius 1 is 1.15 bits per heavy atom. The smallest absolute Gasteiger partial charge is 0.345 e. The Hall–Kier alpha value is -3.29. The lowest BCUT2D eigenvalue weighted by atomic mass is 10.1. The lowest BCUT2D eigenvalue weighted by Crippen LogP contribution is -2.30. The minimum absolute atomic E-state index is 0.0781. The number of aromatic amines is 2. The number of fused-ring (bicyclic) bond motifs is 1. The highest BCUT2D eigenvalue weighted by molar-refractivity contribution is 5.92. The summed E-state index contributed by atoms with van der Waals surface area (Å²) < 4.78 is 0. The van der Waals surface area contributed by atoms with Gasteiger partial charge in [-0.15, -0.1) is 0 Å². The van der Waals surface area contributed by atoms with Crippen LogP contribution < -0.4 is 16.6 Å². The number of benzene rings is 1. The van der Waals surface area contributed by atoms with Crippen molar-refractivity contribution in [3.8, 4) is 0 Å². The van der Waals surface area contributed by atoms with E-state index in [1.165, 1.54) is 0 Å². The number of hydrogen-bond donors (Lipinski definition) is 3. The average molecular weight is 367 g/mol. The second-order valence-corrected chi connectivity index (χ2v) is 6.73. The fraction of sp³-hybridized carbons (Fsp3) is 0.316. The highest BCUT2D eigenvalue weighted by Crippen LogP contribution is 2.06. The number of nitrogens with zero attached hydrogens (tertiary/aromatic N) is 2. The van der Waals surface area contributed by atoms with E-state index < -0.39 is 11.6 Å². The summed E-state index contributed by atoms with van der Waals surface area (Å²) in [5.41, 5.74) is 0.609. The van der Waals surface area contributed by atoms with Crippen LogP contribution in [0, 0.1) is 5.92 Å². The van der Waals surface area contributed by atoms with Crippen LogP contribution in [0.1, 0.15) is 35.9 Å². The molecule has 2 heterocycles. The molecule has 1 aromatic carbocycles. The monoisotopic (exact) mass is 367 g/mol. The van der Waals surface area contributed by atoms with Crippen LogP contribution in [-0.4, -0.2) is 32.4 Å². The lowest BCUT2D eigenvalue weighted by Gasteiger charge is -2.08. The van der Waals surface area contributed by atoms with Crippen LogP contribution in [0.25, 0.3) is 10.9 Å². The van der Waals surface area contributed by atoms with E-state index in [0.717, 1.165) is 0 Å². The van der Waals surface area contributed by atoms with Crippen molar-refractivity contribution in [3.05, 3.63) is 68.4 Å². The van der Waals surface area contributed by atoms with E-state index in [2.05, 4.69) is 25.3 Å². The highest BCUT2D eigenvalue weighted by atomic mass is 16.2. The molecule has 1 amide bonds. The van der Waals surface area contributed by atoms with Gasteiger partial charge in [0.05, 0.1) is 10.9 Å². The Kier molecular flexibility index (Phi) is 5.44. The van der Waals surface area contributed by atoms with Gasteiger partial charge in [-0.1, -0.05) is 26.0 Å². The van der Waals surface area contributed by atoms with Crippen LogP contribution in [0.2, 0.25) is 0 Å². The number of carbonyl (C=O) groups excluding carboxylic acids is 1. The summed E-state index contributed by atoms with van der Waals surface area (Å²) in [5, 5.41) is 3.23. The number of aromatic nitrogens is 4. The summed E-state index contributed by atoms with van der Waals surface area (Å²) in [5.74, 6) is 0.391. The van der Waals surface area contributed by atoms with E-state index in [1.54, 1.807) is 24.3 Å². The first-order valence-electron chi connectivity index (χ1n) is 8.79. The third-order valence-corrected chi connectivity index (χ3v) is 3.97. The first kappa shape index (κ1) is 18.5. The van der Waals surface area contributed by atoms with Crippen molar-refractivity contribution in [2.24, 2.45) is 5.92 Å². The zero-order valence-corrected chi connectivity index (χ0v) is 15.2. The number of amides is 1. The third-order valence-electron chi connectivity index (χ3n) is 3.97. The maximum absolute atomic E-state index is 12.3. The van der Waals surface area contributed by atoms with Gasteiger partial charge in [0.1, 0.15) is 11.5 Å². The molecule has 0 saturated heterocycles. The van der Waals surface area contributed by atoms with Gasteiger partial charge in [-0.25, -0.2) is 9.78 Å². The van der Waals surface area contributed by atoms with Crippen molar-refractivity contribution in [1.82, 2.24) is 25.3 Å². The third kappa shape index (κ3) is 4.66. The van der Waals surface area contributed by atoms with Crippen LogP contribution in [0.4, 0.5) is 0 Å². The van der Waals surface area contributed by atoms with E-state index in [4.69, 9.17) is 0 Å². The average Bonchev–Trinajstić information content (AvgIpc) is 2.60. The normalized spacial score (nSPS) is 11.1. The Morgan fingerprint density at radius 3 is 2.70 bits per heavy atom. The topological polar surface area (TPSA) is 121 Å². The second-order valence-electron chi connectivity index (χ2n) is 6.73. The fourth-order valence-electron chi connectivity index (χ4n) is 2.81. The van der Waals surface area contributed by atoms with Crippen molar-refractivity contribution in [3.63, 3.8) is 0 Å². The summed E-state index contributed by atoms with van der Waals surface area (Å²) >= 11 is 0. The molecule has 3 aromatic rings. The summed E-state index contributed by atoms with van der Waals surface area (Å²) in [6.45, 7) is 4.31. The molecule has 140 valence electrons. The summed E-state index contributed by atoms with van der Waals surface area (Å²) in [4.78, 5) is 49.5. The molecule has 0 atom stereocenters. The van der Waals surface area contributed by atoms with Gasteiger partial charge in [-0.3, -0.25) is 9.59 Å². The van der Waals surface area contributed by atoms with E-state index in [0.29, 0.717) is 41.2 Å². The van der Waals surface area contributed by atoms with E-state index in [-0.39, 0.29) is 17.8 Å². The van der Waals surface area contributed by atoms with Crippen LogP contribution >= 0.6 is 0 Å². The van der Waals surface area contributed by atoms with Crippen LogP contribution in [0.3, 0.4) is 0 Å². The van der Waals surface area contributed by atoms with Crippen LogP contribution in [-0.2, 0) is 12.8 Å². The maximum atomic E-state index is 12.3. The predicted molar refractivity (Wildman–Crippen MR) is 102 cm³/mol. The Bertz CT molecular complexity index is 1080. The molecule has 27 heavy (non-hydrogen) atoms. The molecular formula is C19H21N5O3. The molecule has 2 aromatic heterocycles. The van der Waals surface area contributed by atoms with Gasteiger partial charge in [-0.05, 0) is 30.5 Å². The molecule has 0 spiro atoms. The van der Waals surface area contributed by atoms with Gasteiger partial charge in [0.2, 0.25) is 0 Å². The zero-order valence-electron chi connectivity index (χ0n) is 15.2. The summed E-state index contributed by atoms with van der Waals surface area (Å²) in [6, 6.07) is 8.66. The molecule has 0 unspecified atom stereocenters. The molecule has 0 radical (unpaired) electrons. The van der Waals surface area contributed by atoms with Crippen molar-refractivity contribution < 1.29 is 4.79 Å².